The lowest BCUT2D eigenvalue weighted by Gasteiger charge is -2.10. The Morgan fingerprint density at radius 2 is 1.15 bits per heavy atom. The zero-order chi connectivity index (χ0) is 29.0. The number of benzene rings is 2. The minimum absolute atomic E-state index is 0.0359. The Balaban J connectivity index is 1.45. The van der Waals surface area contributed by atoms with E-state index >= 15 is 0 Å². The van der Waals surface area contributed by atoms with Crippen LogP contribution in [0.5, 0.6) is 0 Å². The molecule has 0 aliphatic heterocycles. The molecular weight excluding hydrogens is 520 g/mol. The van der Waals surface area contributed by atoms with E-state index in [1.165, 1.54) is 0 Å². The molecule has 40 heavy (non-hydrogen) atoms. The van der Waals surface area contributed by atoms with Crippen LogP contribution in [0, 0.1) is 0 Å². The minimum atomic E-state index is -0.591. The minimum Gasteiger partial charge on any atom is -0.463 e. The Bertz CT molecular complexity index is 1100. The van der Waals surface area contributed by atoms with E-state index in [1.807, 2.05) is 6.07 Å². The van der Waals surface area contributed by atoms with E-state index < -0.39 is 11.9 Å². The maximum absolute atomic E-state index is 12.8. The summed E-state index contributed by atoms with van der Waals surface area (Å²) in [6.45, 7) is 7.04. The van der Waals surface area contributed by atoms with Gasteiger partial charge in [-0.05, 0) is 19.4 Å². The van der Waals surface area contributed by atoms with E-state index in [9.17, 15) is 19.2 Å². The highest BCUT2D eigenvalue weighted by molar-refractivity contribution is 6.14. The molecule has 216 valence electrons. The van der Waals surface area contributed by atoms with Crippen molar-refractivity contribution in [3.63, 3.8) is 0 Å². The van der Waals surface area contributed by atoms with Crippen molar-refractivity contribution >= 4 is 23.7 Å². The van der Waals surface area contributed by atoms with Crippen molar-refractivity contribution in [1.82, 2.24) is 0 Å². The third kappa shape index (κ3) is 12.8. The number of carbonyl (C=O) groups excluding carboxylic acids is 4. The summed E-state index contributed by atoms with van der Waals surface area (Å²) in [5.74, 6) is -1.71. The van der Waals surface area contributed by atoms with Gasteiger partial charge in [0.15, 0.2) is 5.78 Å². The second-order valence-electron chi connectivity index (χ2n) is 8.45. The van der Waals surface area contributed by atoms with E-state index in [1.54, 1.807) is 55.5 Å². The van der Waals surface area contributed by atoms with Crippen LogP contribution in [0.15, 0.2) is 66.7 Å². The Morgan fingerprint density at radius 3 is 1.75 bits per heavy atom. The van der Waals surface area contributed by atoms with E-state index in [4.69, 9.17) is 28.4 Å². The molecule has 0 atom stereocenters. The van der Waals surface area contributed by atoms with Gasteiger partial charge in [-0.15, -0.1) is 0 Å². The lowest BCUT2D eigenvalue weighted by molar-refractivity contribution is -0.147. The second kappa shape index (κ2) is 19.2. The molecule has 0 aliphatic rings. The molecule has 0 unspecified atom stereocenters. The molecular formula is C30H36O10. The number of hydrogen-bond donors (Lipinski definition) is 0. The molecule has 0 aliphatic carbocycles. The van der Waals surface area contributed by atoms with Crippen LogP contribution in [0.2, 0.25) is 0 Å². The van der Waals surface area contributed by atoms with Gasteiger partial charge in [-0.3, -0.25) is 9.59 Å². The lowest BCUT2D eigenvalue weighted by atomic mass is 9.98. The monoisotopic (exact) mass is 556 g/mol. The molecule has 2 aromatic carbocycles. The Hall–Kier alpha value is -3.86. The van der Waals surface area contributed by atoms with Crippen molar-refractivity contribution in [3.05, 3.63) is 83.4 Å². The molecule has 0 aromatic heterocycles. The molecule has 0 N–H and O–H groups in total. The van der Waals surface area contributed by atoms with Crippen molar-refractivity contribution < 1.29 is 47.6 Å². The van der Waals surface area contributed by atoms with Crippen molar-refractivity contribution in [2.45, 2.75) is 19.8 Å². The molecule has 0 saturated heterocycles. The molecule has 0 fully saturated rings. The van der Waals surface area contributed by atoms with Crippen molar-refractivity contribution in [2.75, 3.05) is 59.5 Å². The first-order valence-corrected chi connectivity index (χ1v) is 13.0. The average Bonchev–Trinajstić information content (AvgIpc) is 2.97. The predicted molar refractivity (Wildman–Crippen MR) is 145 cm³/mol. The molecule has 0 heterocycles. The van der Waals surface area contributed by atoms with Gasteiger partial charge in [0.2, 0.25) is 0 Å². The maximum atomic E-state index is 12.8. The summed E-state index contributed by atoms with van der Waals surface area (Å²) in [6, 6.07) is 15.3. The first kappa shape index (κ1) is 32.4. The van der Waals surface area contributed by atoms with Crippen molar-refractivity contribution in [1.29, 1.82) is 0 Å². The van der Waals surface area contributed by atoms with Gasteiger partial charge in [0, 0.05) is 23.1 Å². The van der Waals surface area contributed by atoms with Crippen LogP contribution in [-0.4, -0.2) is 83.2 Å². The van der Waals surface area contributed by atoms with E-state index in [-0.39, 0.29) is 62.3 Å². The number of rotatable bonds is 20. The number of ketones is 1. The Morgan fingerprint density at radius 1 is 0.625 bits per heavy atom. The van der Waals surface area contributed by atoms with Gasteiger partial charge in [0.1, 0.15) is 13.2 Å². The summed E-state index contributed by atoms with van der Waals surface area (Å²) in [6.07, 6.45) is 0.522. The van der Waals surface area contributed by atoms with Crippen LogP contribution >= 0.6 is 0 Å². The van der Waals surface area contributed by atoms with Gasteiger partial charge < -0.3 is 28.4 Å². The predicted octanol–water partition coefficient (Wildman–Crippen LogP) is 3.57. The highest BCUT2D eigenvalue weighted by Gasteiger charge is 2.18. The van der Waals surface area contributed by atoms with E-state index in [0.29, 0.717) is 44.0 Å². The van der Waals surface area contributed by atoms with Crippen LogP contribution in [0.25, 0.3) is 0 Å². The first-order valence-electron chi connectivity index (χ1n) is 13.0. The highest BCUT2D eigenvalue weighted by Crippen LogP contribution is 2.16. The number of hydrogen-bond acceptors (Lipinski definition) is 10. The normalized spacial score (nSPS) is 10.5. The molecule has 0 bridgehead atoms. The molecule has 0 radical (unpaired) electrons. The molecule has 10 heteroatoms. The van der Waals surface area contributed by atoms with Gasteiger partial charge in [-0.1, -0.05) is 55.1 Å². The summed E-state index contributed by atoms with van der Waals surface area (Å²) >= 11 is 0. The van der Waals surface area contributed by atoms with Gasteiger partial charge in [0.25, 0.3) is 0 Å². The molecule has 2 aromatic rings. The second-order valence-corrected chi connectivity index (χ2v) is 8.45. The third-order valence-corrected chi connectivity index (χ3v) is 5.23. The summed E-state index contributed by atoms with van der Waals surface area (Å²) < 4.78 is 31.3. The zero-order valence-electron chi connectivity index (χ0n) is 22.8. The average molecular weight is 557 g/mol. The van der Waals surface area contributed by atoms with Gasteiger partial charge in [-0.25, -0.2) is 9.59 Å². The fourth-order valence-electron chi connectivity index (χ4n) is 3.21. The van der Waals surface area contributed by atoms with Crippen molar-refractivity contribution in [2.24, 2.45) is 0 Å². The molecule has 0 amide bonds. The number of esters is 3. The first-order chi connectivity index (χ1) is 19.4. The molecule has 0 spiro atoms. The molecule has 2 rings (SSSR count). The zero-order valence-corrected chi connectivity index (χ0v) is 22.8. The summed E-state index contributed by atoms with van der Waals surface area (Å²) in [5, 5.41) is 0. The van der Waals surface area contributed by atoms with Gasteiger partial charge >= 0.3 is 17.9 Å². The fourth-order valence-corrected chi connectivity index (χ4v) is 3.21. The van der Waals surface area contributed by atoms with Gasteiger partial charge in [-0.2, -0.15) is 0 Å². The van der Waals surface area contributed by atoms with Crippen molar-refractivity contribution in [3.8, 4) is 0 Å². The smallest absolute Gasteiger partial charge is 0.338 e. The molecule has 10 nitrogen and oxygen atoms in total. The van der Waals surface area contributed by atoms with Crippen LogP contribution in [0.1, 0.15) is 46.0 Å². The van der Waals surface area contributed by atoms with Crippen LogP contribution in [0.4, 0.5) is 0 Å². The van der Waals surface area contributed by atoms with E-state index in [0.717, 1.165) is 0 Å². The van der Waals surface area contributed by atoms with Crippen LogP contribution in [0.3, 0.4) is 0 Å². The molecule has 0 saturated carbocycles. The van der Waals surface area contributed by atoms with Crippen LogP contribution < -0.4 is 0 Å². The van der Waals surface area contributed by atoms with Gasteiger partial charge in [0.05, 0.1) is 51.8 Å². The standard InChI is InChI=1S/C30H36O10/c1-23(2)29(33)39-14-8-13-27(31)38-21-19-36-17-15-35-16-18-37-20-22-40-30(34)26-12-7-6-11-25(26)28(32)24-9-4-3-5-10-24/h3-7,9-12H,1,8,13-22H2,2H3. The Kier molecular flexibility index (Phi) is 15.6. The maximum Gasteiger partial charge on any atom is 0.338 e. The van der Waals surface area contributed by atoms with E-state index in [2.05, 4.69) is 6.58 Å². The fraction of sp³-hybridized carbons (Fsp3) is 0.400. The number of ether oxygens (including phenoxy) is 6. The quantitative estimate of drug-likeness (QED) is 0.0786. The summed E-state index contributed by atoms with van der Waals surface area (Å²) in [4.78, 5) is 48.1. The summed E-state index contributed by atoms with van der Waals surface area (Å²) in [7, 11) is 0. The SMILES string of the molecule is C=C(C)C(=O)OCCCC(=O)OCCOCCOCCOCCOC(=O)c1ccccc1C(=O)c1ccccc1. The number of carbonyl (C=O) groups is 4. The van der Waals surface area contributed by atoms with Crippen LogP contribution in [-0.2, 0) is 38.0 Å². The third-order valence-electron chi connectivity index (χ3n) is 5.23. The Labute approximate surface area is 234 Å². The topological polar surface area (TPSA) is 124 Å². The largest absolute Gasteiger partial charge is 0.463 e. The summed E-state index contributed by atoms with van der Waals surface area (Å²) in [5.41, 5.74) is 1.29. The lowest BCUT2D eigenvalue weighted by Crippen LogP contribution is -2.16. The highest BCUT2D eigenvalue weighted by atomic mass is 16.6.